The molecule has 1 aliphatic rings. The zero-order valence-electron chi connectivity index (χ0n) is 12.1. The summed E-state index contributed by atoms with van der Waals surface area (Å²) < 4.78 is 22.7. The van der Waals surface area contributed by atoms with E-state index in [-0.39, 0.29) is 21.9 Å². The van der Waals surface area contributed by atoms with Crippen LogP contribution in [0.25, 0.3) is 0 Å². The number of rotatable bonds is 4. The Labute approximate surface area is 124 Å². The molecule has 0 heterocycles. The highest BCUT2D eigenvalue weighted by atomic mass is 32.2. The van der Waals surface area contributed by atoms with Gasteiger partial charge in [-0.25, -0.2) is 18.4 Å². The molecule has 1 fully saturated rings. The van der Waals surface area contributed by atoms with E-state index in [2.05, 4.69) is 19.2 Å². The van der Waals surface area contributed by atoms with Crippen LogP contribution in [0.3, 0.4) is 0 Å². The van der Waals surface area contributed by atoms with Crippen LogP contribution < -0.4 is 10.5 Å². The van der Waals surface area contributed by atoms with Crippen molar-refractivity contribution in [2.45, 2.75) is 44.0 Å². The van der Waals surface area contributed by atoms with Gasteiger partial charge in [-0.15, -0.1) is 0 Å². The van der Waals surface area contributed by atoms with E-state index in [4.69, 9.17) is 5.14 Å². The number of hydrogen-bond donors (Lipinski definition) is 3. The van der Waals surface area contributed by atoms with Crippen LogP contribution in [0.5, 0.6) is 0 Å². The van der Waals surface area contributed by atoms with E-state index in [1.165, 1.54) is 12.1 Å². The smallest absolute Gasteiger partial charge is 0.337 e. The number of anilines is 1. The summed E-state index contributed by atoms with van der Waals surface area (Å²) in [5, 5.41) is 17.6. The molecule has 7 heteroatoms. The van der Waals surface area contributed by atoms with Crippen molar-refractivity contribution in [3.8, 4) is 0 Å². The van der Waals surface area contributed by atoms with Gasteiger partial charge in [0.2, 0.25) is 10.0 Å². The van der Waals surface area contributed by atoms with Gasteiger partial charge in [0.05, 0.1) is 10.5 Å². The zero-order chi connectivity index (χ0) is 15.8. The van der Waals surface area contributed by atoms with Crippen LogP contribution in [0, 0.1) is 5.41 Å². The van der Waals surface area contributed by atoms with Crippen molar-refractivity contribution in [1.29, 1.82) is 0 Å². The molecule has 116 valence electrons. The highest BCUT2D eigenvalue weighted by molar-refractivity contribution is 7.89. The molecule has 4 N–H and O–H groups in total. The van der Waals surface area contributed by atoms with Gasteiger partial charge in [-0.1, -0.05) is 20.3 Å². The molecule has 0 spiro atoms. The Morgan fingerprint density at radius 2 is 2.10 bits per heavy atom. The highest BCUT2D eigenvalue weighted by Crippen LogP contribution is 2.39. The molecule has 21 heavy (non-hydrogen) atoms. The molecule has 0 amide bonds. The number of benzene rings is 1. The minimum absolute atomic E-state index is 0.0778. The number of carboxylic acid groups (broad SMARTS) is 1. The number of nitrogens with two attached hydrogens (primary N) is 1. The van der Waals surface area contributed by atoms with E-state index in [1.54, 1.807) is 0 Å². The number of carbonyl (C=O) groups is 1. The number of hydrogen-bond acceptors (Lipinski definition) is 4. The van der Waals surface area contributed by atoms with E-state index in [0.717, 1.165) is 25.3 Å². The second-order valence-electron chi connectivity index (χ2n) is 6.14. The average Bonchev–Trinajstić information content (AvgIpc) is 2.67. The lowest BCUT2D eigenvalue weighted by molar-refractivity contribution is 0.0697. The molecule has 6 nitrogen and oxygen atoms in total. The van der Waals surface area contributed by atoms with Crippen LogP contribution in [0.1, 0.15) is 43.5 Å². The van der Waals surface area contributed by atoms with E-state index < -0.39 is 16.0 Å². The van der Waals surface area contributed by atoms with Gasteiger partial charge in [0, 0.05) is 11.7 Å². The summed E-state index contributed by atoms with van der Waals surface area (Å²) in [6, 6.07) is 4.06. The largest absolute Gasteiger partial charge is 0.478 e. The van der Waals surface area contributed by atoms with Crippen molar-refractivity contribution in [3.05, 3.63) is 23.8 Å². The molecular formula is C14H20N2O4S. The van der Waals surface area contributed by atoms with Crippen molar-refractivity contribution in [1.82, 2.24) is 0 Å². The van der Waals surface area contributed by atoms with Gasteiger partial charge in [-0.2, -0.15) is 0 Å². The lowest BCUT2D eigenvalue weighted by Gasteiger charge is -2.29. The van der Waals surface area contributed by atoms with Crippen LogP contribution in [-0.2, 0) is 10.0 Å². The lowest BCUT2D eigenvalue weighted by Crippen LogP contribution is -2.31. The molecule has 1 unspecified atom stereocenters. The van der Waals surface area contributed by atoms with Gasteiger partial charge < -0.3 is 10.4 Å². The summed E-state index contributed by atoms with van der Waals surface area (Å²) in [5.41, 5.74) is 0.424. The van der Waals surface area contributed by atoms with Crippen molar-refractivity contribution in [2.24, 2.45) is 10.6 Å². The van der Waals surface area contributed by atoms with E-state index in [9.17, 15) is 18.3 Å². The molecule has 0 saturated heterocycles. The summed E-state index contributed by atoms with van der Waals surface area (Å²) in [6.07, 6.45) is 3.12. The van der Waals surface area contributed by atoms with E-state index in [0.29, 0.717) is 5.69 Å². The predicted molar refractivity (Wildman–Crippen MR) is 79.8 cm³/mol. The van der Waals surface area contributed by atoms with E-state index >= 15 is 0 Å². The SMILES string of the molecule is CC1(C)CCCC1Nc1ccc(S(N)(=O)=O)cc1C(=O)O. The number of primary sulfonamides is 1. The van der Waals surface area contributed by atoms with Crippen molar-refractivity contribution < 1.29 is 18.3 Å². The summed E-state index contributed by atoms with van der Waals surface area (Å²) in [4.78, 5) is 11.2. The normalized spacial score (nSPS) is 21.2. The van der Waals surface area contributed by atoms with Crippen molar-refractivity contribution in [2.75, 3.05) is 5.32 Å². The van der Waals surface area contributed by atoms with E-state index in [1.807, 2.05) is 0 Å². The maximum atomic E-state index is 11.4. The van der Waals surface area contributed by atoms with Crippen molar-refractivity contribution >= 4 is 21.7 Å². The van der Waals surface area contributed by atoms with Gasteiger partial charge in [-0.05, 0) is 36.5 Å². The van der Waals surface area contributed by atoms with Gasteiger partial charge in [0.25, 0.3) is 0 Å². The first kappa shape index (κ1) is 15.8. The Morgan fingerprint density at radius 3 is 2.57 bits per heavy atom. The summed E-state index contributed by atoms with van der Waals surface area (Å²) in [6.45, 7) is 4.27. The molecule has 0 aliphatic heterocycles. The summed E-state index contributed by atoms with van der Waals surface area (Å²) in [5.74, 6) is -1.18. The second kappa shape index (κ2) is 5.31. The summed E-state index contributed by atoms with van der Waals surface area (Å²) >= 11 is 0. The first-order valence-electron chi connectivity index (χ1n) is 6.78. The number of sulfonamides is 1. The molecular weight excluding hydrogens is 292 g/mol. The van der Waals surface area contributed by atoms with Gasteiger partial charge in [-0.3, -0.25) is 0 Å². The Bertz CT molecular complexity index is 668. The van der Waals surface area contributed by atoms with Crippen LogP contribution in [0.2, 0.25) is 0 Å². The molecule has 1 aliphatic carbocycles. The molecule has 1 aromatic rings. The number of carboxylic acids is 1. The molecule has 0 aromatic heterocycles. The second-order valence-corrected chi connectivity index (χ2v) is 7.70. The number of aromatic carboxylic acids is 1. The van der Waals surface area contributed by atoms with Gasteiger partial charge in [0.1, 0.15) is 0 Å². The third-order valence-corrected chi connectivity index (χ3v) is 5.05. The standard InChI is InChI=1S/C14H20N2O4S/c1-14(2)7-3-4-12(14)16-11-6-5-9(21(15,19)20)8-10(11)13(17)18/h5-6,8,12,16H,3-4,7H2,1-2H3,(H,17,18)(H2,15,19,20). The fourth-order valence-corrected chi connectivity index (χ4v) is 3.32. The molecule has 2 rings (SSSR count). The Kier molecular flexibility index (Phi) is 3.99. The monoisotopic (exact) mass is 312 g/mol. The first-order chi connectivity index (χ1) is 9.61. The minimum Gasteiger partial charge on any atom is -0.478 e. The third kappa shape index (κ3) is 3.36. The minimum atomic E-state index is -3.92. The molecule has 1 saturated carbocycles. The Hall–Kier alpha value is -1.60. The molecule has 1 atom stereocenters. The number of nitrogens with one attached hydrogen (secondary N) is 1. The fourth-order valence-electron chi connectivity index (χ4n) is 2.79. The Morgan fingerprint density at radius 1 is 1.43 bits per heavy atom. The van der Waals surface area contributed by atoms with Crippen LogP contribution in [0.15, 0.2) is 23.1 Å². The summed E-state index contributed by atoms with van der Waals surface area (Å²) in [7, 11) is -3.92. The third-order valence-electron chi connectivity index (χ3n) is 4.14. The molecule has 1 aromatic carbocycles. The topological polar surface area (TPSA) is 109 Å². The average molecular weight is 312 g/mol. The van der Waals surface area contributed by atoms with Crippen LogP contribution in [-0.4, -0.2) is 25.5 Å². The first-order valence-corrected chi connectivity index (χ1v) is 8.32. The maximum Gasteiger partial charge on any atom is 0.337 e. The zero-order valence-corrected chi connectivity index (χ0v) is 12.9. The molecule has 0 radical (unpaired) electrons. The highest BCUT2D eigenvalue weighted by Gasteiger charge is 2.35. The van der Waals surface area contributed by atoms with Crippen LogP contribution in [0.4, 0.5) is 5.69 Å². The van der Waals surface area contributed by atoms with Crippen LogP contribution >= 0.6 is 0 Å². The van der Waals surface area contributed by atoms with Gasteiger partial charge in [0.15, 0.2) is 0 Å². The quantitative estimate of drug-likeness (QED) is 0.788. The fraction of sp³-hybridized carbons (Fsp3) is 0.500. The molecule has 0 bridgehead atoms. The maximum absolute atomic E-state index is 11.4. The lowest BCUT2D eigenvalue weighted by atomic mass is 9.87. The predicted octanol–water partition coefficient (Wildman–Crippen LogP) is 2.02. The van der Waals surface area contributed by atoms with Crippen molar-refractivity contribution in [3.63, 3.8) is 0 Å². The Balaban J connectivity index is 2.38. The van der Waals surface area contributed by atoms with Gasteiger partial charge >= 0.3 is 5.97 Å².